The van der Waals surface area contributed by atoms with Crippen molar-refractivity contribution in [2.45, 2.75) is 25.7 Å². The van der Waals surface area contributed by atoms with Crippen molar-refractivity contribution < 1.29 is 9.18 Å². The number of Topliss-reactive ketones (excluding diaryl/α,β-unsaturated/α-hetero) is 1. The van der Waals surface area contributed by atoms with Crippen molar-refractivity contribution in [1.29, 1.82) is 0 Å². The zero-order valence-electron chi connectivity index (χ0n) is 8.50. The number of hydrogen-bond acceptors (Lipinski definition) is 1. The van der Waals surface area contributed by atoms with E-state index in [0.29, 0.717) is 6.42 Å². The first-order valence-electron chi connectivity index (χ1n) is 5.25. The Morgan fingerprint density at radius 2 is 2.00 bits per heavy atom. The van der Waals surface area contributed by atoms with E-state index < -0.39 is 0 Å². The number of benzene rings is 1. The maximum atomic E-state index is 12.9. The standard InChI is InChI=1S/C13H13FO/c14-12-6-3-4-10(9-12)8-11-5-1-2-7-13(11)15/h3-4,6,8-9H,1-2,5,7H2. The molecule has 1 saturated carbocycles. The minimum atomic E-state index is -0.257. The van der Waals surface area contributed by atoms with Crippen LogP contribution < -0.4 is 0 Å². The molecular formula is C13H13FO. The van der Waals surface area contributed by atoms with Gasteiger partial charge in [0.25, 0.3) is 0 Å². The Morgan fingerprint density at radius 3 is 2.73 bits per heavy atom. The van der Waals surface area contributed by atoms with Crippen molar-refractivity contribution in [3.05, 3.63) is 41.2 Å². The summed E-state index contributed by atoms with van der Waals surface area (Å²) in [6, 6.07) is 6.34. The molecule has 0 aliphatic heterocycles. The van der Waals surface area contributed by atoms with Crippen molar-refractivity contribution in [3.8, 4) is 0 Å². The van der Waals surface area contributed by atoms with Crippen LogP contribution >= 0.6 is 0 Å². The number of ketones is 1. The first-order chi connectivity index (χ1) is 7.25. The third-order valence-corrected chi connectivity index (χ3v) is 2.65. The summed E-state index contributed by atoms with van der Waals surface area (Å²) in [6.07, 6.45) is 5.33. The molecule has 0 unspecified atom stereocenters. The number of carbonyl (C=O) groups excluding carboxylic acids is 1. The van der Waals surface area contributed by atoms with Crippen molar-refractivity contribution in [3.63, 3.8) is 0 Å². The molecule has 1 aliphatic rings. The summed E-state index contributed by atoms with van der Waals surface area (Å²) in [7, 11) is 0. The van der Waals surface area contributed by atoms with Crippen LogP contribution in [0.15, 0.2) is 29.8 Å². The van der Waals surface area contributed by atoms with E-state index in [-0.39, 0.29) is 11.6 Å². The maximum Gasteiger partial charge on any atom is 0.158 e. The van der Waals surface area contributed by atoms with E-state index in [1.54, 1.807) is 6.07 Å². The van der Waals surface area contributed by atoms with Gasteiger partial charge in [-0.05, 0) is 48.6 Å². The summed E-state index contributed by atoms with van der Waals surface area (Å²) < 4.78 is 12.9. The first kappa shape index (κ1) is 10.1. The van der Waals surface area contributed by atoms with Crippen LogP contribution in [0.1, 0.15) is 31.2 Å². The van der Waals surface area contributed by atoms with Gasteiger partial charge in [-0.15, -0.1) is 0 Å². The molecule has 15 heavy (non-hydrogen) atoms. The van der Waals surface area contributed by atoms with Gasteiger partial charge < -0.3 is 0 Å². The second-order valence-corrected chi connectivity index (χ2v) is 3.85. The topological polar surface area (TPSA) is 17.1 Å². The summed E-state index contributed by atoms with van der Waals surface area (Å²) >= 11 is 0. The van der Waals surface area contributed by atoms with Crippen LogP contribution in [-0.2, 0) is 4.79 Å². The predicted octanol–water partition coefficient (Wildman–Crippen LogP) is 3.35. The third-order valence-electron chi connectivity index (χ3n) is 2.65. The van der Waals surface area contributed by atoms with E-state index in [1.165, 1.54) is 12.1 Å². The average molecular weight is 204 g/mol. The lowest BCUT2D eigenvalue weighted by atomic mass is 9.92. The summed E-state index contributed by atoms with van der Waals surface area (Å²) in [6.45, 7) is 0. The summed E-state index contributed by atoms with van der Waals surface area (Å²) in [5, 5.41) is 0. The summed E-state index contributed by atoms with van der Waals surface area (Å²) in [5.74, 6) is -0.0434. The Kier molecular flexibility index (Phi) is 2.95. The number of carbonyl (C=O) groups is 1. The van der Waals surface area contributed by atoms with E-state index >= 15 is 0 Å². The van der Waals surface area contributed by atoms with Crippen molar-refractivity contribution in [2.75, 3.05) is 0 Å². The van der Waals surface area contributed by atoms with Gasteiger partial charge in [0.2, 0.25) is 0 Å². The average Bonchev–Trinajstić information content (AvgIpc) is 2.22. The van der Waals surface area contributed by atoms with Crippen LogP contribution in [0.25, 0.3) is 6.08 Å². The van der Waals surface area contributed by atoms with Crippen LogP contribution in [0.2, 0.25) is 0 Å². The van der Waals surface area contributed by atoms with E-state index in [0.717, 1.165) is 30.4 Å². The highest BCUT2D eigenvalue weighted by Gasteiger charge is 2.14. The van der Waals surface area contributed by atoms with Crippen LogP contribution in [0.3, 0.4) is 0 Å². The molecule has 1 nitrogen and oxygen atoms in total. The molecule has 0 amide bonds. The van der Waals surface area contributed by atoms with Gasteiger partial charge in [0.15, 0.2) is 5.78 Å². The SMILES string of the molecule is O=C1CCCCC1=Cc1cccc(F)c1. The molecule has 2 rings (SSSR count). The Bertz CT molecular complexity index is 407. The molecule has 0 aromatic heterocycles. The minimum Gasteiger partial charge on any atom is -0.295 e. The smallest absolute Gasteiger partial charge is 0.158 e. The van der Waals surface area contributed by atoms with Crippen LogP contribution in [0.4, 0.5) is 4.39 Å². The fraction of sp³-hybridized carbons (Fsp3) is 0.308. The highest BCUT2D eigenvalue weighted by Crippen LogP contribution is 2.22. The van der Waals surface area contributed by atoms with Gasteiger partial charge in [-0.1, -0.05) is 12.1 Å². The highest BCUT2D eigenvalue weighted by atomic mass is 19.1. The van der Waals surface area contributed by atoms with Gasteiger partial charge in [-0.25, -0.2) is 4.39 Å². The molecule has 78 valence electrons. The van der Waals surface area contributed by atoms with Crippen LogP contribution in [-0.4, -0.2) is 5.78 Å². The lowest BCUT2D eigenvalue weighted by Crippen LogP contribution is -2.07. The number of hydrogen-bond donors (Lipinski definition) is 0. The number of allylic oxidation sites excluding steroid dienone is 1. The molecule has 0 saturated heterocycles. The molecule has 0 heterocycles. The molecule has 0 atom stereocenters. The Balaban J connectivity index is 2.25. The fourth-order valence-corrected chi connectivity index (χ4v) is 1.85. The monoisotopic (exact) mass is 204 g/mol. The zero-order valence-corrected chi connectivity index (χ0v) is 8.50. The second-order valence-electron chi connectivity index (χ2n) is 3.85. The molecule has 1 aromatic rings. The Morgan fingerprint density at radius 1 is 1.20 bits per heavy atom. The molecule has 2 heteroatoms. The van der Waals surface area contributed by atoms with Gasteiger partial charge >= 0.3 is 0 Å². The largest absolute Gasteiger partial charge is 0.295 e. The molecule has 0 spiro atoms. The normalized spacial score (nSPS) is 19.5. The molecule has 1 aliphatic carbocycles. The van der Waals surface area contributed by atoms with Gasteiger partial charge in [0, 0.05) is 6.42 Å². The molecule has 0 N–H and O–H groups in total. The quantitative estimate of drug-likeness (QED) is 0.641. The van der Waals surface area contributed by atoms with E-state index in [1.807, 2.05) is 12.1 Å². The molecular weight excluding hydrogens is 191 g/mol. The minimum absolute atomic E-state index is 0.213. The fourth-order valence-electron chi connectivity index (χ4n) is 1.85. The summed E-state index contributed by atoms with van der Waals surface area (Å²) in [4.78, 5) is 11.5. The predicted molar refractivity (Wildman–Crippen MR) is 57.9 cm³/mol. The van der Waals surface area contributed by atoms with Gasteiger partial charge in [0.1, 0.15) is 5.82 Å². The van der Waals surface area contributed by atoms with Crippen LogP contribution in [0.5, 0.6) is 0 Å². The second kappa shape index (κ2) is 4.39. The van der Waals surface area contributed by atoms with E-state index in [2.05, 4.69) is 0 Å². The lowest BCUT2D eigenvalue weighted by Gasteiger charge is -2.12. The molecule has 1 aromatic carbocycles. The molecule has 0 radical (unpaired) electrons. The van der Waals surface area contributed by atoms with Gasteiger partial charge in [-0.2, -0.15) is 0 Å². The third kappa shape index (κ3) is 2.52. The van der Waals surface area contributed by atoms with E-state index in [9.17, 15) is 9.18 Å². The van der Waals surface area contributed by atoms with Crippen molar-refractivity contribution in [1.82, 2.24) is 0 Å². The van der Waals surface area contributed by atoms with E-state index in [4.69, 9.17) is 0 Å². The number of halogens is 1. The summed E-state index contributed by atoms with van der Waals surface area (Å²) in [5.41, 5.74) is 1.62. The Hall–Kier alpha value is -1.44. The lowest BCUT2D eigenvalue weighted by molar-refractivity contribution is -0.116. The first-order valence-corrected chi connectivity index (χ1v) is 5.25. The number of rotatable bonds is 1. The Labute approximate surface area is 88.6 Å². The van der Waals surface area contributed by atoms with Crippen molar-refractivity contribution in [2.24, 2.45) is 0 Å². The highest BCUT2D eigenvalue weighted by molar-refractivity contribution is 6.00. The van der Waals surface area contributed by atoms with Crippen molar-refractivity contribution >= 4 is 11.9 Å². The molecule has 1 fully saturated rings. The van der Waals surface area contributed by atoms with Crippen LogP contribution in [0, 0.1) is 5.82 Å². The van der Waals surface area contributed by atoms with Gasteiger partial charge in [-0.3, -0.25) is 4.79 Å². The van der Waals surface area contributed by atoms with Gasteiger partial charge in [0.05, 0.1) is 0 Å². The zero-order chi connectivity index (χ0) is 10.7. The maximum absolute atomic E-state index is 12.9. The molecule has 0 bridgehead atoms.